The summed E-state index contributed by atoms with van der Waals surface area (Å²) in [6.07, 6.45) is 6.35. The van der Waals surface area contributed by atoms with Crippen LogP contribution in [0.3, 0.4) is 0 Å². The van der Waals surface area contributed by atoms with Gasteiger partial charge in [-0.15, -0.1) is 0 Å². The van der Waals surface area contributed by atoms with E-state index >= 15 is 0 Å². The van der Waals surface area contributed by atoms with Crippen molar-refractivity contribution in [2.45, 2.75) is 70.0 Å². The Morgan fingerprint density at radius 2 is 1.63 bits per heavy atom. The van der Waals surface area contributed by atoms with Crippen molar-refractivity contribution in [1.29, 1.82) is 0 Å². The Morgan fingerprint density at radius 1 is 1.05 bits per heavy atom. The highest BCUT2D eigenvalue weighted by atomic mass is 15.2. The van der Waals surface area contributed by atoms with Crippen molar-refractivity contribution in [3.05, 3.63) is 29.8 Å². The first kappa shape index (κ1) is 13.0. The molecule has 2 bridgehead atoms. The SMILES string of the molecule is CC(C)c1ccc(N2C3CCCC2CC(N)C3)cc1. The molecule has 0 radical (unpaired) electrons. The summed E-state index contributed by atoms with van der Waals surface area (Å²) in [6.45, 7) is 4.51. The van der Waals surface area contributed by atoms with Crippen LogP contribution >= 0.6 is 0 Å². The van der Waals surface area contributed by atoms with Crippen LogP contribution in [0.4, 0.5) is 5.69 Å². The summed E-state index contributed by atoms with van der Waals surface area (Å²) in [4.78, 5) is 2.66. The van der Waals surface area contributed by atoms with E-state index in [9.17, 15) is 0 Å². The van der Waals surface area contributed by atoms with E-state index in [-0.39, 0.29) is 0 Å². The zero-order chi connectivity index (χ0) is 13.4. The molecule has 2 heterocycles. The molecule has 1 aromatic carbocycles. The standard InChI is InChI=1S/C17H26N2/c1-12(2)13-6-8-15(9-7-13)19-16-4-3-5-17(19)11-14(18)10-16/h6-9,12,14,16-17H,3-5,10-11,18H2,1-2H3. The van der Waals surface area contributed by atoms with E-state index in [4.69, 9.17) is 5.73 Å². The van der Waals surface area contributed by atoms with E-state index in [2.05, 4.69) is 43.0 Å². The predicted octanol–water partition coefficient (Wildman–Crippen LogP) is 3.66. The smallest absolute Gasteiger partial charge is 0.0371 e. The maximum Gasteiger partial charge on any atom is 0.0371 e. The average Bonchev–Trinajstić information content (AvgIpc) is 2.37. The van der Waals surface area contributed by atoms with Gasteiger partial charge in [-0.05, 0) is 55.7 Å². The zero-order valence-electron chi connectivity index (χ0n) is 12.2. The van der Waals surface area contributed by atoms with Crippen molar-refractivity contribution in [3.63, 3.8) is 0 Å². The van der Waals surface area contributed by atoms with Crippen LogP contribution in [0.5, 0.6) is 0 Å². The minimum absolute atomic E-state index is 0.418. The van der Waals surface area contributed by atoms with E-state index < -0.39 is 0 Å². The van der Waals surface area contributed by atoms with Gasteiger partial charge in [0.25, 0.3) is 0 Å². The lowest BCUT2D eigenvalue weighted by atomic mass is 9.81. The Bertz CT molecular complexity index is 409. The normalized spacial score (nSPS) is 30.7. The highest BCUT2D eigenvalue weighted by Crippen LogP contribution is 2.37. The van der Waals surface area contributed by atoms with Crippen LogP contribution in [0.15, 0.2) is 24.3 Å². The van der Waals surface area contributed by atoms with Gasteiger partial charge in [0.2, 0.25) is 0 Å². The summed E-state index contributed by atoms with van der Waals surface area (Å²) in [5, 5.41) is 0. The summed E-state index contributed by atoms with van der Waals surface area (Å²) < 4.78 is 0. The molecule has 2 aliphatic rings. The lowest BCUT2D eigenvalue weighted by Gasteiger charge is -2.49. The third-order valence-corrected chi connectivity index (χ3v) is 4.87. The van der Waals surface area contributed by atoms with E-state index in [0.29, 0.717) is 24.0 Å². The Kier molecular flexibility index (Phi) is 3.53. The molecule has 2 N–H and O–H groups in total. The number of anilines is 1. The zero-order valence-corrected chi connectivity index (χ0v) is 12.2. The second-order valence-corrected chi connectivity index (χ2v) is 6.62. The van der Waals surface area contributed by atoms with Gasteiger partial charge in [-0.3, -0.25) is 0 Å². The Labute approximate surface area is 117 Å². The number of piperidine rings is 2. The highest BCUT2D eigenvalue weighted by Gasteiger charge is 2.36. The topological polar surface area (TPSA) is 29.3 Å². The van der Waals surface area contributed by atoms with Gasteiger partial charge in [0.05, 0.1) is 0 Å². The molecule has 2 unspecified atom stereocenters. The van der Waals surface area contributed by atoms with Crippen LogP contribution in [-0.4, -0.2) is 18.1 Å². The van der Waals surface area contributed by atoms with Crippen LogP contribution in [0, 0.1) is 0 Å². The van der Waals surface area contributed by atoms with Crippen LogP contribution < -0.4 is 10.6 Å². The van der Waals surface area contributed by atoms with Crippen molar-refractivity contribution >= 4 is 5.69 Å². The van der Waals surface area contributed by atoms with E-state index in [1.54, 1.807) is 0 Å². The molecule has 3 rings (SSSR count). The third kappa shape index (κ3) is 2.51. The van der Waals surface area contributed by atoms with Gasteiger partial charge in [0.1, 0.15) is 0 Å². The van der Waals surface area contributed by atoms with E-state index in [1.165, 1.54) is 43.4 Å². The number of hydrogen-bond donors (Lipinski definition) is 1. The number of nitrogens with zero attached hydrogens (tertiary/aromatic N) is 1. The second kappa shape index (κ2) is 5.16. The number of fused-ring (bicyclic) bond motifs is 2. The summed E-state index contributed by atoms with van der Waals surface area (Å²) in [5.74, 6) is 0.614. The summed E-state index contributed by atoms with van der Waals surface area (Å²) in [5.41, 5.74) is 9.04. The van der Waals surface area contributed by atoms with E-state index in [0.717, 1.165) is 0 Å². The minimum atomic E-state index is 0.418. The van der Waals surface area contributed by atoms with Gasteiger partial charge in [-0.2, -0.15) is 0 Å². The third-order valence-electron chi connectivity index (χ3n) is 4.87. The van der Waals surface area contributed by atoms with Gasteiger partial charge in [-0.1, -0.05) is 26.0 Å². The lowest BCUT2D eigenvalue weighted by Crippen LogP contribution is -2.55. The molecule has 2 saturated heterocycles. The first-order chi connectivity index (χ1) is 9.15. The monoisotopic (exact) mass is 258 g/mol. The van der Waals surface area contributed by atoms with Gasteiger partial charge in [0.15, 0.2) is 0 Å². The number of rotatable bonds is 2. The lowest BCUT2D eigenvalue weighted by molar-refractivity contribution is 0.271. The van der Waals surface area contributed by atoms with Gasteiger partial charge < -0.3 is 10.6 Å². The molecule has 1 aromatic rings. The molecule has 0 spiro atoms. The van der Waals surface area contributed by atoms with Crippen LogP contribution in [-0.2, 0) is 0 Å². The van der Waals surface area contributed by atoms with Crippen LogP contribution in [0.2, 0.25) is 0 Å². The molecule has 2 nitrogen and oxygen atoms in total. The predicted molar refractivity (Wildman–Crippen MR) is 81.6 cm³/mol. The van der Waals surface area contributed by atoms with Gasteiger partial charge >= 0.3 is 0 Å². The maximum absolute atomic E-state index is 6.20. The Morgan fingerprint density at radius 3 is 2.16 bits per heavy atom. The molecule has 19 heavy (non-hydrogen) atoms. The van der Waals surface area contributed by atoms with Gasteiger partial charge in [-0.25, -0.2) is 0 Å². The first-order valence-electron chi connectivity index (χ1n) is 7.79. The fraction of sp³-hybridized carbons (Fsp3) is 0.647. The Balaban J connectivity index is 1.84. The van der Waals surface area contributed by atoms with Crippen LogP contribution in [0.1, 0.15) is 57.4 Å². The van der Waals surface area contributed by atoms with Crippen molar-refractivity contribution in [3.8, 4) is 0 Å². The second-order valence-electron chi connectivity index (χ2n) is 6.62. The van der Waals surface area contributed by atoms with Crippen LogP contribution in [0.25, 0.3) is 0 Å². The molecule has 2 heteroatoms. The molecule has 2 atom stereocenters. The number of hydrogen-bond acceptors (Lipinski definition) is 2. The number of nitrogens with two attached hydrogens (primary N) is 1. The molecular formula is C17H26N2. The molecule has 0 aromatic heterocycles. The average molecular weight is 258 g/mol. The van der Waals surface area contributed by atoms with Crippen molar-refractivity contribution < 1.29 is 0 Å². The minimum Gasteiger partial charge on any atom is -0.365 e. The molecular weight excluding hydrogens is 232 g/mol. The summed E-state index contributed by atoms with van der Waals surface area (Å²) in [6, 6.07) is 11.0. The summed E-state index contributed by atoms with van der Waals surface area (Å²) >= 11 is 0. The molecule has 104 valence electrons. The largest absolute Gasteiger partial charge is 0.365 e. The molecule has 0 saturated carbocycles. The maximum atomic E-state index is 6.20. The summed E-state index contributed by atoms with van der Waals surface area (Å²) in [7, 11) is 0. The van der Waals surface area contributed by atoms with Crippen molar-refractivity contribution in [2.24, 2.45) is 5.73 Å². The molecule has 2 fully saturated rings. The fourth-order valence-corrected chi connectivity index (χ4v) is 3.88. The van der Waals surface area contributed by atoms with E-state index in [1.807, 2.05) is 0 Å². The van der Waals surface area contributed by atoms with Gasteiger partial charge in [0, 0.05) is 23.8 Å². The molecule has 0 amide bonds. The van der Waals surface area contributed by atoms with Crippen molar-refractivity contribution in [2.75, 3.05) is 4.90 Å². The quantitative estimate of drug-likeness (QED) is 0.877. The van der Waals surface area contributed by atoms with Crippen molar-refractivity contribution in [1.82, 2.24) is 0 Å². The molecule has 0 aliphatic carbocycles. The fourth-order valence-electron chi connectivity index (χ4n) is 3.88. The Hall–Kier alpha value is -1.02. The number of benzene rings is 1. The first-order valence-corrected chi connectivity index (χ1v) is 7.79. The highest BCUT2D eigenvalue weighted by molar-refractivity contribution is 5.51. The molecule has 2 aliphatic heterocycles.